The van der Waals surface area contributed by atoms with E-state index in [9.17, 15) is 0 Å². The maximum Gasteiger partial charge on any atom is 0.146 e. The lowest BCUT2D eigenvalue weighted by molar-refractivity contribution is 0.482. The third-order valence-corrected chi connectivity index (χ3v) is 3.25. The van der Waals surface area contributed by atoms with Crippen LogP contribution in [-0.2, 0) is 6.54 Å². The smallest absolute Gasteiger partial charge is 0.146 e. The van der Waals surface area contributed by atoms with Crippen LogP contribution in [0.25, 0.3) is 0 Å². The first-order valence-corrected chi connectivity index (χ1v) is 7.19. The molecule has 0 aliphatic rings. The van der Waals surface area contributed by atoms with Crippen molar-refractivity contribution in [1.82, 2.24) is 5.32 Å². The lowest BCUT2D eigenvalue weighted by Crippen LogP contribution is -2.21. The van der Waals surface area contributed by atoms with Gasteiger partial charge in [0.2, 0.25) is 0 Å². The monoisotopic (exact) mass is 289 g/mol. The highest BCUT2D eigenvalue weighted by Gasteiger charge is 2.05. The van der Waals surface area contributed by atoms with E-state index in [2.05, 4.69) is 19.2 Å². The Balaban J connectivity index is 2.07. The van der Waals surface area contributed by atoms with Gasteiger partial charge in [-0.3, -0.25) is 0 Å². The second-order valence-corrected chi connectivity index (χ2v) is 5.62. The van der Waals surface area contributed by atoms with E-state index in [0.29, 0.717) is 16.8 Å². The molecule has 2 nitrogen and oxygen atoms in total. The van der Waals surface area contributed by atoms with Gasteiger partial charge in [0, 0.05) is 12.6 Å². The second-order valence-electron chi connectivity index (χ2n) is 5.22. The average Bonchev–Trinajstić information content (AvgIpc) is 2.41. The zero-order valence-corrected chi connectivity index (χ0v) is 12.9. The SMILES string of the molecule is Cc1ccc(Oc2ccc(CNC(C)C)cc2Cl)cc1. The summed E-state index contributed by atoms with van der Waals surface area (Å²) in [5.74, 6) is 1.48. The number of nitrogens with one attached hydrogen (secondary N) is 1. The summed E-state index contributed by atoms with van der Waals surface area (Å²) in [6, 6.07) is 14.3. The Labute approximate surface area is 125 Å². The first kappa shape index (κ1) is 14.9. The molecule has 0 spiro atoms. The van der Waals surface area contributed by atoms with E-state index >= 15 is 0 Å². The van der Waals surface area contributed by atoms with E-state index in [4.69, 9.17) is 16.3 Å². The van der Waals surface area contributed by atoms with Crippen molar-refractivity contribution in [3.63, 3.8) is 0 Å². The number of hydrogen-bond acceptors (Lipinski definition) is 2. The molecule has 2 aromatic carbocycles. The Morgan fingerprint density at radius 2 is 1.80 bits per heavy atom. The minimum Gasteiger partial charge on any atom is -0.456 e. The van der Waals surface area contributed by atoms with Crippen molar-refractivity contribution in [2.45, 2.75) is 33.4 Å². The number of rotatable bonds is 5. The minimum atomic E-state index is 0.456. The maximum absolute atomic E-state index is 6.27. The summed E-state index contributed by atoms with van der Waals surface area (Å²) in [6.07, 6.45) is 0. The van der Waals surface area contributed by atoms with Crippen molar-refractivity contribution in [2.24, 2.45) is 0 Å². The van der Waals surface area contributed by atoms with Gasteiger partial charge < -0.3 is 10.1 Å². The van der Waals surface area contributed by atoms with Crippen LogP contribution < -0.4 is 10.1 Å². The van der Waals surface area contributed by atoms with Crippen LogP contribution in [0.3, 0.4) is 0 Å². The van der Waals surface area contributed by atoms with Gasteiger partial charge in [-0.2, -0.15) is 0 Å². The average molecular weight is 290 g/mol. The first-order chi connectivity index (χ1) is 9.54. The van der Waals surface area contributed by atoms with Crippen LogP contribution in [-0.4, -0.2) is 6.04 Å². The standard InChI is InChI=1S/C17H20ClNO/c1-12(2)19-11-14-6-9-17(16(18)10-14)20-15-7-4-13(3)5-8-15/h4-10,12,19H,11H2,1-3H3. The normalized spacial score (nSPS) is 10.8. The van der Waals surface area contributed by atoms with Gasteiger partial charge in [-0.05, 0) is 36.8 Å². The number of benzene rings is 2. The van der Waals surface area contributed by atoms with Gasteiger partial charge in [0.15, 0.2) is 0 Å². The second kappa shape index (κ2) is 6.78. The molecule has 2 aromatic rings. The Bertz CT molecular complexity index is 564. The highest BCUT2D eigenvalue weighted by atomic mass is 35.5. The highest BCUT2D eigenvalue weighted by Crippen LogP contribution is 2.30. The molecule has 0 aliphatic heterocycles. The van der Waals surface area contributed by atoms with Crippen LogP contribution in [0.2, 0.25) is 5.02 Å². The molecule has 0 saturated carbocycles. The van der Waals surface area contributed by atoms with Crippen molar-refractivity contribution in [3.8, 4) is 11.5 Å². The van der Waals surface area contributed by atoms with E-state index < -0.39 is 0 Å². The third-order valence-electron chi connectivity index (χ3n) is 2.96. The molecule has 0 saturated heterocycles. The molecule has 3 heteroatoms. The molecule has 0 aliphatic carbocycles. The van der Waals surface area contributed by atoms with Crippen molar-refractivity contribution in [1.29, 1.82) is 0 Å². The number of hydrogen-bond donors (Lipinski definition) is 1. The molecule has 20 heavy (non-hydrogen) atoms. The summed E-state index contributed by atoms with van der Waals surface area (Å²) in [5.41, 5.74) is 2.36. The molecule has 1 N–H and O–H groups in total. The van der Waals surface area contributed by atoms with Crippen molar-refractivity contribution in [3.05, 3.63) is 58.6 Å². The lowest BCUT2D eigenvalue weighted by atomic mass is 10.2. The molecule has 0 aromatic heterocycles. The van der Waals surface area contributed by atoms with Crippen LogP contribution in [0.1, 0.15) is 25.0 Å². The van der Waals surface area contributed by atoms with Crippen LogP contribution in [0, 0.1) is 6.92 Å². The summed E-state index contributed by atoms with van der Waals surface area (Å²) >= 11 is 6.27. The predicted octanol–water partition coefficient (Wildman–Crippen LogP) is 4.94. The molecule has 0 atom stereocenters. The molecule has 0 radical (unpaired) electrons. The van der Waals surface area contributed by atoms with Crippen molar-refractivity contribution < 1.29 is 4.74 Å². The van der Waals surface area contributed by atoms with E-state index in [1.54, 1.807) is 0 Å². The van der Waals surface area contributed by atoms with Gasteiger partial charge in [-0.15, -0.1) is 0 Å². The summed E-state index contributed by atoms with van der Waals surface area (Å²) in [4.78, 5) is 0. The topological polar surface area (TPSA) is 21.3 Å². The van der Waals surface area contributed by atoms with Crippen LogP contribution >= 0.6 is 11.6 Å². The van der Waals surface area contributed by atoms with E-state index in [0.717, 1.165) is 17.9 Å². The zero-order chi connectivity index (χ0) is 14.5. The van der Waals surface area contributed by atoms with Gasteiger partial charge in [0.25, 0.3) is 0 Å². The quantitative estimate of drug-likeness (QED) is 0.842. The van der Waals surface area contributed by atoms with Crippen molar-refractivity contribution >= 4 is 11.6 Å². The summed E-state index contributed by atoms with van der Waals surface area (Å²) in [6.45, 7) is 7.10. The fourth-order valence-electron chi connectivity index (χ4n) is 1.79. The van der Waals surface area contributed by atoms with Gasteiger partial charge in [0.1, 0.15) is 11.5 Å². The van der Waals surface area contributed by atoms with Gasteiger partial charge in [0.05, 0.1) is 5.02 Å². The molecule has 0 heterocycles. The molecule has 106 valence electrons. The Kier molecular flexibility index (Phi) is 5.05. The van der Waals surface area contributed by atoms with Crippen LogP contribution in [0.5, 0.6) is 11.5 Å². The molecule has 0 amide bonds. The van der Waals surface area contributed by atoms with Crippen LogP contribution in [0.15, 0.2) is 42.5 Å². The molecular formula is C17H20ClNO. The zero-order valence-electron chi connectivity index (χ0n) is 12.1. The summed E-state index contributed by atoms with van der Waals surface area (Å²) in [5, 5.41) is 4.00. The number of aryl methyl sites for hydroxylation is 1. The van der Waals surface area contributed by atoms with Gasteiger partial charge in [-0.1, -0.05) is 49.2 Å². The number of ether oxygens (including phenoxy) is 1. The molecule has 0 unspecified atom stereocenters. The Morgan fingerprint density at radius 1 is 1.10 bits per heavy atom. The fraction of sp³-hybridized carbons (Fsp3) is 0.294. The van der Waals surface area contributed by atoms with E-state index in [-0.39, 0.29) is 0 Å². The van der Waals surface area contributed by atoms with Crippen molar-refractivity contribution in [2.75, 3.05) is 0 Å². The Morgan fingerprint density at radius 3 is 2.40 bits per heavy atom. The Hall–Kier alpha value is -1.51. The predicted molar refractivity (Wildman–Crippen MR) is 84.7 cm³/mol. The number of halogens is 1. The molecular weight excluding hydrogens is 270 g/mol. The van der Waals surface area contributed by atoms with Gasteiger partial charge in [-0.25, -0.2) is 0 Å². The molecule has 2 rings (SSSR count). The fourth-order valence-corrected chi connectivity index (χ4v) is 2.03. The highest BCUT2D eigenvalue weighted by molar-refractivity contribution is 6.32. The summed E-state index contributed by atoms with van der Waals surface area (Å²) < 4.78 is 5.79. The molecule has 0 bridgehead atoms. The van der Waals surface area contributed by atoms with Gasteiger partial charge >= 0.3 is 0 Å². The largest absolute Gasteiger partial charge is 0.456 e. The van der Waals surface area contributed by atoms with E-state index in [1.165, 1.54) is 5.56 Å². The maximum atomic E-state index is 6.27. The van der Waals surface area contributed by atoms with E-state index in [1.807, 2.05) is 49.4 Å². The minimum absolute atomic E-state index is 0.456. The molecule has 0 fully saturated rings. The van der Waals surface area contributed by atoms with Crippen LogP contribution in [0.4, 0.5) is 0 Å². The third kappa shape index (κ3) is 4.26. The summed E-state index contributed by atoms with van der Waals surface area (Å²) in [7, 11) is 0. The first-order valence-electron chi connectivity index (χ1n) is 6.81. The lowest BCUT2D eigenvalue weighted by Gasteiger charge is -2.11.